The van der Waals surface area contributed by atoms with E-state index >= 15 is 0 Å². The molecule has 1 aromatic rings. The second-order valence-corrected chi connectivity index (χ2v) is 3.64. The Morgan fingerprint density at radius 3 is 2.86 bits per heavy atom. The third-order valence-electron chi connectivity index (χ3n) is 1.89. The fraction of sp³-hybridized carbons (Fsp3) is 0.300. The van der Waals surface area contributed by atoms with Crippen molar-refractivity contribution in [3.63, 3.8) is 0 Å². The fourth-order valence-corrected chi connectivity index (χ4v) is 1.38. The summed E-state index contributed by atoms with van der Waals surface area (Å²) >= 11 is 11.3. The highest BCUT2D eigenvalue weighted by atomic mass is 35.5. The molecule has 0 aliphatic rings. The van der Waals surface area contributed by atoms with Gasteiger partial charge in [0.05, 0.1) is 0 Å². The second-order valence-electron chi connectivity index (χ2n) is 2.86. The molecule has 0 saturated carbocycles. The summed E-state index contributed by atoms with van der Waals surface area (Å²) in [6.07, 6.45) is 0. The lowest BCUT2D eigenvalue weighted by Crippen LogP contribution is -2.25. The molecule has 0 heterocycles. The van der Waals surface area contributed by atoms with Crippen molar-refractivity contribution in [2.75, 3.05) is 12.4 Å². The summed E-state index contributed by atoms with van der Waals surface area (Å²) < 4.78 is 0. The van der Waals surface area contributed by atoms with E-state index in [1.807, 2.05) is 6.92 Å². The number of rotatable bonds is 3. The molecule has 0 bridgehead atoms. The highest BCUT2D eigenvalue weighted by Gasteiger charge is 2.09. The zero-order valence-corrected chi connectivity index (χ0v) is 9.32. The molecule has 4 heteroatoms. The monoisotopic (exact) mass is 231 g/mol. The topological polar surface area (TPSA) is 29.1 Å². The van der Waals surface area contributed by atoms with E-state index < -0.39 is 0 Å². The van der Waals surface area contributed by atoms with Crippen molar-refractivity contribution in [2.45, 2.75) is 6.92 Å². The Morgan fingerprint density at radius 2 is 2.21 bits per heavy atom. The number of alkyl halides is 1. The minimum Gasteiger partial charge on any atom is -0.351 e. The lowest BCUT2D eigenvalue weighted by molar-refractivity contribution is 0.0955. The van der Waals surface area contributed by atoms with Crippen LogP contribution in [-0.4, -0.2) is 18.3 Å². The zero-order chi connectivity index (χ0) is 10.6. The van der Waals surface area contributed by atoms with Crippen LogP contribution >= 0.6 is 23.2 Å². The van der Waals surface area contributed by atoms with Gasteiger partial charge in [-0.15, -0.1) is 11.6 Å². The van der Waals surface area contributed by atoms with Crippen molar-refractivity contribution in [1.29, 1.82) is 0 Å². The highest BCUT2D eigenvalue weighted by molar-refractivity contribution is 6.31. The highest BCUT2D eigenvalue weighted by Crippen LogP contribution is 2.18. The van der Waals surface area contributed by atoms with Crippen LogP contribution in [0, 0.1) is 6.92 Å². The van der Waals surface area contributed by atoms with Gasteiger partial charge in [-0.05, 0) is 24.6 Å². The lowest BCUT2D eigenvalue weighted by atomic mass is 10.1. The minimum absolute atomic E-state index is 0.134. The summed E-state index contributed by atoms with van der Waals surface area (Å²) in [5.41, 5.74) is 1.39. The van der Waals surface area contributed by atoms with Crippen molar-refractivity contribution in [2.24, 2.45) is 0 Å². The van der Waals surface area contributed by atoms with Crippen molar-refractivity contribution in [3.05, 3.63) is 34.3 Å². The zero-order valence-electron chi connectivity index (χ0n) is 7.81. The third-order valence-corrected chi connectivity index (χ3v) is 2.49. The Hall–Kier alpha value is -0.730. The number of amides is 1. The van der Waals surface area contributed by atoms with Gasteiger partial charge < -0.3 is 5.32 Å². The van der Waals surface area contributed by atoms with Gasteiger partial charge in [-0.3, -0.25) is 4.79 Å². The van der Waals surface area contributed by atoms with Gasteiger partial charge in [0.2, 0.25) is 0 Å². The Labute approximate surface area is 93.2 Å². The molecule has 0 aromatic heterocycles. The van der Waals surface area contributed by atoms with Gasteiger partial charge >= 0.3 is 0 Å². The number of benzene rings is 1. The molecule has 2 nitrogen and oxygen atoms in total. The maximum atomic E-state index is 11.5. The number of nitrogens with one attached hydrogen (secondary N) is 1. The first-order valence-electron chi connectivity index (χ1n) is 4.26. The SMILES string of the molecule is Cc1c(Cl)cccc1C(=O)NCCCl. The second kappa shape index (κ2) is 5.23. The van der Waals surface area contributed by atoms with Gasteiger partial charge in [0.25, 0.3) is 5.91 Å². The molecular weight excluding hydrogens is 221 g/mol. The largest absolute Gasteiger partial charge is 0.351 e. The quantitative estimate of drug-likeness (QED) is 0.797. The molecule has 0 aliphatic heterocycles. The maximum absolute atomic E-state index is 11.5. The third kappa shape index (κ3) is 2.63. The van der Waals surface area contributed by atoms with E-state index in [4.69, 9.17) is 23.2 Å². The Kier molecular flexibility index (Phi) is 4.23. The van der Waals surface area contributed by atoms with E-state index in [0.29, 0.717) is 23.0 Å². The predicted octanol–water partition coefficient (Wildman–Crippen LogP) is 2.62. The molecule has 0 unspecified atom stereocenters. The molecule has 0 aliphatic carbocycles. The van der Waals surface area contributed by atoms with Gasteiger partial charge in [-0.2, -0.15) is 0 Å². The summed E-state index contributed by atoms with van der Waals surface area (Å²) in [4.78, 5) is 11.5. The predicted molar refractivity (Wildman–Crippen MR) is 59.2 cm³/mol. The van der Waals surface area contributed by atoms with Crippen LogP contribution in [0.1, 0.15) is 15.9 Å². The first-order chi connectivity index (χ1) is 6.66. The molecular formula is C10H11Cl2NO. The van der Waals surface area contributed by atoms with Gasteiger partial charge in [0.15, 0.2) is 0 Å². The molecule has 76 valence electrons. The summed E-state index contributed by atoms with van der Waals surface area (Å²) in [5, 5.41) is 3.29. The average Bonchev–Trinajstić information content (AvgIpc) is 2.18. The van der Waals surface area contributed by atoms with Crippen molar-refractivity contribution in [1.82, 2.24) is 5.32 Å². The van der Waals surface area contributed by atoms with Crippen LogP contribution in [-0.2, 0) is 0 Å². The molecule has 14 heavy (non-hydrogen) atoms. The molecule has 0 saturated heterocycles. The summed E-state index contributed by atoms with van der Waals surface area (Å²) in [6, 6.07) is 5.25. The van der Waals surface area contributed by atoms with Crippen LogP contribution in [0.4, 0.5) is 0 Å². The number of halogens is 2. The summed E-state index contributed by atoms with van der Waals surface area (Å²) in [6.45, 7) is 2.28. The van der Waals surface area contributed by atoms with Crippen molar-refractivity contribution in [3.8, 4) is 0 Å². The van der Waals surface area contributed by atoms with Gasteiger partial charge in [-0.25, -0.2) is 0 Å². The normalized spacial score (nSPS) is 9.93. The minimum atomic E-state index is -0.134. The van der Waals surface area contributed by atoms with Gasteiger partial charge in [0.1, 0.15) is 0 Å². The van der Waals surface area contributed by atoms with Crippen LogP contribution in [0.3, 0.4) is 0 Å². The first-order valence-corrected chi connectivity index (χ1v) is 5.17. The molecule has 0 fully saturated rings. The van der Waals surface area contributed by atoms with E-state index in [9.17, 15) is 4.79 Å². The maximum Gasteiger partial charge on any atom is 0.251 e. The molecule has 1 amide bonds. The van der Waals surface area contributed by atoms with E-state index in [1.165, 1.54) is 0 Å². The summed E-state index contributed by atoms with van der Waals surface area (Å²) in [5.74, 6) is 0.274. The molecule has 1 rings (SSSR count). The van der Waals surface area contributed by atoms with Crippen molar-refractivity contribution >= 4 is 29.1 Å². The van der Waals surface area contributed by atoms with Crippen LogP contribution < -0.4 is 5.32 Å². The number of carbonyl (C=O) groups excluding carboxylic acids is 1. The van der Waals surface area contributed by atoms with E-state index in [1.54, 1.807) is 18.2 Å². The van der Waals surface area contributed by atoms with Crippen LogP contribution in [0.25, 0.3) is 0 Å². The van der Waals surface area contributed by atoms with Crippen molar-refractivity contribution < 1.29 is 4.79 Å². The smallest absolute Gasteiger partial charge is 0.251 e. The van der Waals surface area contributed by atoms with Crippen LogP contribution in [0.2, 0.25) is 5.02 Å². The first kappa shape index (κ1) is 11.3. The number of hydrogen-bond acceptors (Lipinski definition) is 1. The molecule has 0 spiro atoms. The van der Waals surface area contributed by atoms with Crippen LogP contribution in [0.15, 0.2) is 18.2 Å². The molecule has 0 atom stereocenters. The lowest BCUT2D eigenvalue weighted by Gasteiger charge is -2.07. The molecule has 1 aromatic carbocycles. The van der Waals surface area contributed by atoms with E-state index in [2.05, 4.69) is 5.32 Å². The molecule has 0 radical (unpaired) electrons. The summed E-state index contributed by atoms with van der Waals surface area (Å²) in [7, 11) is 0. The Morgan fingerprint density at radius 1 is 1.50 bits per heavy atom. The fourth-order valence-electron chi connectivity index (χ4n) is 1.11. The van der Waals surface area contributed by atoms with Gasteiger partial charge in [0, 0.05) is 23.0 Å². The Balaban J connectivity index is 2.84. The standard InChI is InChI=1S/C10H11Cl2NO/c1-7-8(3-2-4-9(7)12)10(14)13-6-5-11/h2-4H,5-6H2,1H3,(H,13,14). The van der Waals surface area contributed by atoms with Gasteiger partial charge in [-0.1, -0.05) is 17.7 Å². The number of hydrogen-bond donors (Lipinski definition) is 1. The van der Waals surface area contributed by atoms with Crippen LogP contribution in [0.5, 0.6) is 0 Å². The van der Waals surface area contributed by atoms with E-state index in [-0.39, 0.29) is 5.91 Å². The Bertz CT molecular complexity index is 339. The van der Waals surface area contributed by atoms with E-state index in [0.717, 1.165) is 5.56 Å². The number of carbonyl (C=O) groups is 1. The average molecular weight is 232 g/mol. The molecule has 1 N–H and O–H groups in total.